The minimum atomic E-state index is -1.69. The van der Waals surface area contributed by atoms with Crippen LogP contribution in [-0.2, 0) is 14.3 Å². The molecule has 3 spiro atoms. The molecule has 2 bridgehead atoms. The predicted molar refractivity (Wildman–Crippen MR) is 124 cm³/mol. The molecule has 0 aromatic heterocycles. The molecule has 8 rings (SSSR count). The number of fused-ring (bicyclic) bond motifs is 4. The zero-order valence-electron chi connectivity index (χ0n) is 20.2. The van der Waals surface area contributed by atoms with E-state index in [1.165, 1.54) is 0 Å². The molecule has 5 unspecified atom stereocenters. The van der Waals surface area contributed by atoms with Crippen molar-refractivity contribution in [2.45, 2.75) is 75.7 Å². The summed E-state index contributed by atoms with van der Waals surface area (Å²) in [6.07, 6.45) is 3.85. The van der Waals surface area contributed by atoms with Crippen LogP contribution in [0.25, 0.3) is 6.08 Å². The van der Waals surface area contributed by atoms with Crippen LogP contribution in [0.15, 0.2) is 18.2 Å². The molecule has 0 aliphatic carbocycles. The number of aliphatic hydroxyl groups excluding tert-OH is 1. The van der Waals surface area contributed by atoms with E-state index >= 15 is 0 Å². The molecule has 9 heteroatoms. The maximum atomic E-state index is 14.1. The third-order valence-corrected chi connectivity index (χ3v) is 9.47. The van der Waals surface area contributed by atoms with Crippen LogP contribution in [0.1, 0.15) is 62.9 Å². The van der Waals surface area contributed by atoms with Gasteiger partial charge in [-0.05, 0) is 57.4 Å². The Labute approximate surface area is 202 Å². The SMILES string of the molecule is CC1(C)C=Cc2c(ccc3c2NC2(OC(O)C45NC(=O)C6(CCCN6C4=O)CC5C2(C)C)C3=O)O1. The van der Waals surface area contributed by atoms with Crippen molar-refractivity contribution in [2.24, 2.45) is 11.3 Å². The van der Waals surface area contributed by atoms with Gasteiger partial charge in [0.1, 0.15) is 16.9 Å². The van der Waals surface area contributed by atoms with Crippen molar-refractivity contribution >= 4 is 29.4 Å². The fourth-order valence-electron chi connectivity index (χ4n) is 7.59. The van der Waals surface area contributed by atoms with Gasteiger partial charge in [-0.15, -0.1) is 0 Å². The second-order valence-electron chi connectivity index (χ2n) is 11.9. The number of piperidine rings is 2. The van der Waals surface area contributed by atoms with Gasteiger partial charge in [-0.25, -0.2) is 0 Å². The van der Waals surface area contributed by atoms with Crippen molar-refractivity contribution < 1.29 is 29.0 Å². The van der Waals surface area contributed by atoms with Gasteiger partial charge in [0.15, 0.2) is 11.8 Å². The van der Waals surface area contributed by atoms with Gasteiger partial charge in [0.2, 0.25) is 17.4 Å². The van der Waals surface area contributed by atoms with Crippen LogP contribution in [0, 0.1) is 11.3 Å². The van der Waals surface area contributed by atoms with Crippen LogP contribution in [0.4, 0.5) is 5.69 Å². The largest absolute Gasteiger partial charge is 0.483 e. The van der Waals surface area contributed by atoms with E-state index in [-0.39, 0.29) is 17.6 Å². The van der Waals surface area contributed by atoms with Crippen molar-refractivity contribution in [3.8, 4) is 5.75 Å². The first-order chi connectivity index (χ1) is 16.4. The number of amides is 2. The molecule has 2 amide bonds. The number of hydrogen-bond donors (Lipinski definition) is 3. The van der Waals surface area contributed by atoms with Crippen LogP contribution < -0.4 is 15.4 Å². The maximum Gasteiger partial charge on any atom is 0.254 e. The average molecular weight is 480 g/mol. The summed E-state index contributed by atoms with van der Waals surface area (Å²) < 4.78 is 12.3. The molecule has 5 atom stereocenters. The number of aliphatic hydroxyl groups is 1. The zero-order valence-corrected chi connectivity index (χ0v) is 20.2. The summed E-state index contributed by atoms with van der Waals surface area (Å²) in [6.45, 7) is 8.17. The summed E-state index contributed by atoms with van der Waals surface area (Å²) in [5.41, 5.74) is -3.82. The van der Waals surface area contributed by atoms with Gasteiger partial charge in [-0.3, -0.25) is 14.4 Å². The highest BCUT2D eigenvalue weighted by molar-refractivity contribution is 6.15. The first-order valence-corrected chi connectivity index (χ1v) is 12.3. The van der Waals surface area contributed by atoms with Crippen LogP contribution in [0.2, 0.25) is 0 Å². The molecule has 1 aromatic rings. The van der Waals surface area contributed by atoms with Gasteiger partial charge in [0.05, 0.1) is 5.69 Å². The number of ether oxygens (including phenoxy) is 2. The number of carbonyl (C=O) groups excluding carboxylic acids is 3. The van der Waals surface area contributed by atoms with Gasteiger partial charge in [-0.1, -0.05) is 13.8 Å². The molecule has 0 radical (unpaired) electrons. The number of nitrogens with one attached hydrogen (secondary N) is 2. The first-order valence-electron chi connectivity index (χ1n) is 12.3. The minimum absolute atomic E-state index is 0.242. The van der Waals surface area contributed by atoms with E-state index in [1.807, 2.05) is 39.8 Å². The Bertz CT molecular complexity index is 1290. The zero-order chi connectivity index (χ0) is 24.8. The summed E-state index contributed by atoms with van der Waals surface area (Å²) in [5, 5.41) is 17.7. The number of rotatable bonds is 0. The van der Waals surface area contributed by atoms with Gasteiger partial charge in [0.25, 0.3) is 5.91 Å². The van der Waals surface area contributed by atoms with Gasteiger partial charge >= 0.3 is 0 Å². The molecule has 7 aliphatic heterocycles. The molecule has 9 nitrogen and oxygen atoms in total. The molecule has 184 valence electrons. The number of anilines is 1. The molecule has 5 fully saturated rings. The van der Waals surface area contributed by atoms with E-state index in [9.17, 15) is 19.5 Å². The molecule has 0 saturated carbocycles. The quantitative estimate of drug-likeness (QED) is 0.519. The number of ketones is 1. The van der Waals surface area contributed by atoms with Gasteiger partial charge in [0, 0.05) is 29.0 Å². The first kappa shape index (κ1) is 21.4. The fourth-order valence-corrected chi connectivity index (χ4v) is 7.59. The van der Waals surface area contributed by atoms with Crippen molar-refractivity contribution in [1.29, 1.82) is 0 Å². The smallest absolute Gasteiger partial charge is 0.254 e. The Hall–Kier alpha value is -2.91. The summed E-state index contributed by atoms with van der Waals surface area (Å²) in [7, 11) is 0. The summed E-state index contributed by atoms with van der Waals surface area (Å²) in [4.78, 5) is 42.6. The molecular weight excluding hydrogens is 450 g/mol. The Morgan fingerprint density at radius 1 is 1.11 bits per heavy atom. The second kappa shape index (κ2) is 5.90. The lowest BCUT2D eigenvalue weighted by molar-refractivity contribution is -0.303. The highest BCUT2D eigenvalue weighted by Gasteiger charge is 2.80. The van der Waals surface area contributed by atoms with E-state index in [4.69, 9.17) is 9.47 Å². The molecule has 35 heavy (non-hydrogen) atoms. The fraction of sp³-hybridized carbons (Fsp3) is 0.577. The third-order valence-electron chi connectivity index (χ3n) is 9.47. The monoisotopic (exact) mass is 479 g/mol. The number of hydrogen-bond acceptors (Lipinski definition) is 7. The van der Waals surface area contributed by atoms with E-state index < -0.39 is 40.0 Å². The van der Waals surface area contributed by atoms with Crippen LogP contribution in [0.5, 0.6) is 5.75 Å². The number of carbonyl (C=O) groups is 3. The maximum absolute atomic E-state index is 14.1. The number of benzene rings is 1. The lowest BCUT2D eigenvalue weighted by atomic mass is 9.51. The van der Waals surface area contributed by atoms with Crippen LogP contribution in [-0.4, -0.2) is 62.8 Å². The van der Waals surface area contributed by atoms with Crippen molar-refractivity contribution in [1.82, 2.24) is 10.2 Å². The van der Waals surface area contributed by atoms with Crippen molar-refractivity contribution in [3.05, 3.63) is 29.3 Å². The topological polar surface area (TPSA) is 117 Å². The highest BCUT2D eigenvalue weighted by atomic mass is 16.6. The molecule has 3 N–H and O–H groups in total. The Balaban J connectivity index is 1.37. The molecular formula is C26H29N3O6. The van der Waals surface area contributed by atoms with Gasteiger partial charge < -0.3 is 30.1 Å². The van der Waals surface area contributed by atoms with E-state index in [2.05, 4.69) is 10.6 Å². The Kier molecular flexibility index (Phi) is 3.60. The highest BCUT2D eigenvalue weighted by Crippen LogP contribution is 2.63. The Morgan fingerprint density at radius 2 is 1.89 bits per heavy atom. The standard InChI is InChI=1S/C26H29N3O6/c1-22(2)10-8-13-15(34-22)7-6-14-17(13)27-26(18(14)30)23(3,4)16-12-24-9-5-11-29(24)20(32)25(16,21(33)35-26)28-19(24)31/h6-8,10,16,21,27,33H,5,9,11-12H2,1-4H3,(H,28,31). The number of nitrogens with zero attached hydrogens (tertiary/aromatic N) is 1. The number of Topliss-reactive ketones (excluding diaryl/α,β-unsaturated/α-hetero) is 1. The summed E-state index contributed by atoms with van der Waals surface area (Å²) in [6, 6.07) is 3.51. The van der Waals surface area contributed by atoms with Crippen molar-refractivity contribution in [3.63, 3.8) is 0 Å². The molecule has 7 heterocycles. The molecule has 5 saturated heterocycles. The van der Waals surface area contributed by atoms with Crippen LogP contribution in [0.3, 0.4) is 0 Å². The normalized spacial score (nSPS) is 41.1. The Morgan fingerprint density at radius 3 is 2.66 bits per heavy atom. The van der Waals surface area contributed by atoms with Gasteiger partial charge in [-0.2, -0.15) is 0 Å². The van der Waals surface area contributed by atoms with Crippen molar-refractivity contribution in [2.75, 3.05) is 11.9 Å². The predicted octanol–water partition coefficient (Wildman–Crippen LogP) is 1.80. The summed E-state index contributed by atoms with van der Waals surface area (Å²) in [5.74, 6) is -0.730. The average Bonchev–Trinajstić information content (AvgIpc) is 3.34. The second-order valence-corrected chi connectivity index (χ2v) is 11.9. The van der Waals surface area contributed by atoms with Crippen LogP contribution >= 0.6 is 0 Å². The van der Waals surface area contributed by atoms with E-state index in [1.54, 1.807) is 17.0 Å². The lowest BCUT2D eigenvalue weighted by Crippen LogP contribution is -2.90. The molecule has 1 aromatic carbocycles. The third kappa shape index (κ3) is 2.13. The summed E-state index contributed by atoms with van der Waals surface area (Å²) >= 11 is 0. The minimum Gasteiger partial charge on any atom is -0.483 e. The molecule has 7 aliphatic rings. The lowest BCUT2D eigenvalue weighted by Gasteiger charge is -2.68. The number of piperazine rings is 1. The van der Waals surface area contributed by atoms with E-state index in [0.717, 1.165) is 12.0 Å². The van der Waals surface area contributed by atoms with E-state index in [0.29, 0.717) is 36.4 Å².